The molecule has 3 aromatic rings. The quantitative estimate of drug-likeness (QED) is 0.255. The topological polar surface area (TPSA) is 57.4 Å². The van der Waals surface area contributed by atoms with Gasteiger partial charge in [-0.3, -0.25) is 0 Å². The minimum atomic E-state index is 0.915. The van der Waals surface area contributed by atoms with Gasteiger partial charge < -0.3 is 9.97 Å². The van der Waals surface area contributed by atoms with Crippen LogP contribution in [0.25, 0.3) is 46.4 Å². The molecule has 0 aromatic carbocycles. The number of aromatic nitrogens is 4. The summed E-state index contributed by atoms with van der Waals surface area (Å²) in [7, 11) is 0. The van der Waals surface area contributed by atoms with Gasteiger partial charge >= 0.3 is 0 Å². The third kappa shape index (κ3) is 5.03. The van der Waals surface area contributed by atoms with Crippen molar-refractivity contribution in [2.24, 2.45) is 0 Å². The van der Waals surface area contributed by atoms with Crippen LogP contribution in [0.4, 0.5) is 0 Å². The fraction of sp³-hybridized carbons (Fsp3) is 0.154. The molecule has 4 nitrogen and oxygen atoms in total. The van der Waals surface area contributed by atoms with Crippen LogP contribution in [-0.4, -0.2) is 19.9 Å². The van der Waals surface area contributed by atoms with Crippen LogP contribution in [0.2, 0.25) is 0 Å². The number of nitrogens with one attached hydrogen (secondary N) is 2. The molecular weight excluding hydrogens is 368 g/mol. The highest BCUT2D eigenvalue weighted by atomic mass is 14.8. The minimum Gasteiger partial charge on any atom is -0.355 e. The van der Waals surface area contributed by atoms with Gasteiger partial charge in [0.2, 0.25) is 0 Å². The van der Waals surface area contributed by atoms with E-state index in [1.807, 2.05) is 48.6 Å². The van der Waals surface area contributed by atoms with Gasteiger partial charge in [-0.1, -0.05) is 25.8 Å². The fourth-order valence-electron chi connectivity index (χ4n) is 3.29. The Balaban J connectivity index is 0.000000322. The van der Waals surface area contributed by atoms with E-state index < -0.39 is 0 Å². The molecule has 0 fully saturated rings. The predicted octanol–water partition coefficient (Wildman–Crippen LogP) is 7.02. The number of hydrogen-bond acceptors (Lipinski definition) is 2. The first-order valence-electron chi connectivity index (χ1n) is 10.4. The molecule has 4 heteroatoms. The molecule has 0 aliphatic carbocycles. The zero-order valence-corrected chi connectivity index (χ0v) is 17.2. The summed E-state index contributed by atoms with van der Waals surface area (Å²) in [5.74, 6) is 0. The molecule has 0 spiro atoms. The fourth-order valence-corrected chi connectivity index (χ4v) is 3.29. The number of aromatic amines is 2. The number of unbranched alkanes of at least 4 members (excludes halogenated alkanes) is 2. The lowest BCUT2D eigenvalue weighted by atomic mass is 10.3. The predicted molar refractivity (Wildman–Crippen MR) is 129 cm³/mol. The number of fused-ring (bicyclic) bond motifs is 8. The van der Waals surface area contributed by atoms with E-state index in [4.69, 9.17) is 0 Å². The first kappa shape index (κ1) is 19.6. The molecule has 5 rings (SSSR count). The highest BCUT2D eigenvalue weighted by molar-refractivity contribution is 5.77. The molecule has 150 valence electrons. The molecule has 0 unspecified atom stereocenters. The normalized spacial score (nSPS) is 11.8. The lowest BCUT2D eigenvalue weighted by molar-refractivity contribution is 0.816. The second-order valence-electron chi connectivity index (χ2n) is 7.34. The smallest absolute Gasteiger partial charge is 0.0659 e. The van der Waals surface area contributed by atoms with Crippen molar-refractivity contribution in [1.82, 2.24) is 19.9 Å². The first-order chi connectivity index (χ1) is 14.7. The summed E-state index contributed by atoms with van der Waals surface area (Å²) >= 11 is 0. The van der Waals surface area contributed by atoms with E-state index in [1.165, 1.54) is 19.3 Å². The highest BCUT2D eigenvalue weighted by Crippen LogP contribution is 2.17. The molecule has 30 heavy (non-hydrogen) atoms. The largest absolute Gasteiger partial charge is 0.355 e. The molecular formula is C26H26N4. The molecule has 0 saturated heterocycles. The number of rotatable bonds is 3. The number of H-pyrrole nitrogens is 2. The molecule has 3 aromatic heterocycles. The van der Waals surface area contributed by atoms with Crippen molar-refractivity contribution in [3.63, 3.8) is 0 Å². The van der Waals surface area contributed by atoms with Crippen LogP contribution >= 0.6 is 0 Å². The third-order valence-corrected chi connectivity index (χ3v) is 4.80. The van der Waals surface area contributed by atoms with Crippen molar-refractivity contribution in [3.05, 3.63) is 84.0 Å². The molecule has 0 saturated carbocycles. The maximum atomic E-state index is 4.62. The van der Waals surface area contributed by atoms with Crippen LogP contribution in [0, 0.1) is 0 Å². The molecule has 2 aliphatic heterocycles. The van der Waals surface area contributed by atoms with Gasteiger partial charge in [0.1, 0.15) is 0 Å². The second-order valence-corrected chi connectivity index (χ2v) is 7.34. The Kier molecular flexibility index (Phi) is 6.04. The van der Waals surface area contributed by atoms with Crippen LogP contribution in [0.15, 0.2) is 61.2 Å². The number of hydrogen-bond donors (Lipinski definition) is 2. The Bertz CT molecular complexity index is 1170. The van der Waals surface area contributed by atoms with Gasteiger partial charge in [0.25, 0.3) is 0 Å². The summed E-state index contributed by atoms with van der Waals surface area (Å²) in [5, 5.41) is 0. The summed E-state index contributed by atoms with van der Waals surface area (Å²) in [6.45, 7) is 5.78. The molecule has 0 amide bonds. The minimum absolute atomic E-state index is 0.915. The van der Waals surface area contributed by atoms with Crippen molar-refractivity contribution in [2.75, 3.05) is 0 Å². The van der Waals surface area contributed by atoms with Gasteiger partial charge in [0.05, 0.1) is 22.8 Å². The molecule has 8 bridgehead atoms. The zero-order valence-electron chi connectivity index (χ0n) is 17.2. The van der Waals surface area contributed by atoms with Crippen molar-refractivity contribution >= 4 is 46.4 Å². The summed E-state index contributed by atoms with van der Waals surface area (Å²) < 4.78 is 0. The monoisotopic (exact) mass is 394 g/mol. The van der Waals surface area contributed by atoms with Gasteiger partial charge in [-0.2, -0.15) is 0 Å². The SMILES string of the molecule is C1=Cc2cc3ccc(cc4ccc(cc5nc(cc1n2)C=C5)[nH]4)[nH]3.C=CCCCC. The third-order valence-electron chi connectivity index (χ3n) is 4.80. The van der Waals surface area contributed by atoms with Crippen LogP contribution in [0.3, 0.4) is 0 Å². The zero-order chi connectivity index (χ0) is 20.8. The Morgan fingerprint density at radius 3 is 1.53 bits per heavy atom. The second kappa shape index (κ2) is 9.23. The van der Waals surface area contributed by atoms with Crippen LogP contribution in [-0.2, 0) is 0 Å². The van der Waals surface area contributed by atoms with Crippen LogP contribution in [0.5, 0.6) is 0 Å². The van der Waals surface area contributed by atoms with Gasteiger partial charge in [0, 0.05) is 22.1 Å². The van der Waals surface area contributed by atoms with E-state index >= 15 is 0 Å². The van der Waals surface area contributed by atoms with E-state index in [1.54, 1.807) is 0 Å². The Morgan fingerprint density at radius 1 is 0.700 bits per heavy atom. The maximum absolute atomic E-state index is 4.62. The van der Waals surface area contributed by atoms with Crippen LogP contribution < -0.4 is 0 Å². The number of allylic oxidation sites excluding steroid dienone is 1. The van der Waals surface area contributed by atoms with Gasteiger partial charge in [-0.05, 0) is 79.3 Å². The summed E-state index contributed by atoms with van der Waals surface area (Å²) in [6.07, 6.45) is 13.8. The van der Waals surface area contributed by atoms with Gasteiger partial charge in [-0.25, -0.2) is 9.97 Å². The summed E-state index contributed by atoms with van der Waals surface area (Å²) in [5.41, 5.74) is 7.86. The van der Waals surface area contributed by atoms with E-state index in [9.17, 15) is 0 Å². The van der Waals surface area contributed by atoms with E-state index in [0.29, 0.717) is 0 Å². The van der Waals surface area contributed by atoms with Gasteiger partial charge in [0.15, 0.2) is 0 Å². The Labute approximate surface area is 176 Å². The summed E-state index contributed by atoms with van der Waals surface area (Å²) in [4.78, 5) is 16.0. The van der Waals surface area contributed by atoms with Crippen molar-refractivity contribution < 1.29 is 0 Å². The lowest BCUT2D eigenvalue weighted by Gasteiger charge is -1.86. The van der Waals surface area contributed by atoms with E-state index in [0.717, 1.165) is 44.8 Å². The van der Waals surface area contributed by atoms with Gasteiger partial charge in [-0.15, -0.1) is 6.58 Å². The van der Waals surface area contributed by atoms with Crippen molar-refractivity contribution in [3.8, 4) is 0 Å². The van der Waals surface area contributed by atoms with Crippen molar-refractivity contribution in [2.45, 2.75) is 26.2 Å². The molecule has 0 radical (unpaired) electrons. The molecule has 5 heterocycles. The van der Waals surface area contributed by atoms with Crippen LogP contribution in [0.1, 0.15) is 49.0 Å². The molecule has 0 atom stereocenters. The average Bonchev–Trinajstić information content (AvgIpc) is 3.52. The average molecular weight is 395 g/mol. The van der Waals surface area contributed by atoms with E-state index in [2.05, 4.69) is 63.8 Å². The first-order valence-corrected chi connectivity index (χ1v) is 10.4. The van der Waals surface area contributed by atoms with E-state index in [-0.39, 0.29) is 0 Å². The number of nitrogens with zero attached hydrogens (tertiary/aromatic N) is 2. The summed E-state index contributed by atoms with van der Waals surface area (Å²) in [6, 6.07) is 16.4. The lowest BCUT2D eigenvalue weighted by Crippen LogP contribution is -1.77. The maximum Gasteiger partial charge on any atom is 0.0659 e. The highest BCUT2D eigenvalue weighted by Gasteiger charge is 2.02. The molecule has 2 N–H and O–H groups in total. The molecule has 2 aliphatic rings. The Morgan fingerprint density at radius 2 is 1.13 bits per heavy atom. The Hall–Kier alpha value is -3.66. The van der Waals surface area contributed by atoms with Crippen molar-refractivity contribution in [1.29, 1.82) is 0 Å². The standard InChI is InChI=1S/C20H14N4.C6H12/c1-2-14-10-16-5-6-18(23-16)12-20-8-7-19(24-20)11-17-4-3-15(22-17)9-13(1)21-14;1-3-5-6-4-2/h1-12,21-22H;3H,1,4-6H2,2H3.